The number of nitrogens with zero attached hydrogens (tertiary/aromatic N) is 4. The number of imidazole rings is 1. The zero-order chi connectivity index (χ0) is 30.9. The number of nitrogens with one attached hydrogen (secondary N) is 2. The van der Waals surface area contributed by atoms with Gasteiger partial charge in [-0.05, 0) is 35.6 Å². The van der Waals surface area contributed by atoms with Gasteiger partial charge in [-0.3, -0.25) is 18.7 Å². The number of anilines is 1. The van der Waals surface area contributed by atoms with Crippen LogP contribution >= 0.6 is 19.3 Å². The van der Waals surface area contributed by atoms with E-state index in [-0.39, 0.29) is 30.9 Å². The number of carbonyl (C=O) groups is 2. The Bertz CT molecular complexity index is 1560. The van der Waals surface area contributed by atoms with Gasteiger partial charge in [0.05, 0.1) is 12.7 Å². The summed E-state index contributed by atoms with van der Waals surface area (Å²) in [7, 11) is -3.97. The van der Waals surface area contributed by atoms with Crippen molar-refractivity contribution < 1.29 is 32.9 Å². The molecule has 4 N–H and O–H groups in total. The van der Waals surface area contributed by atoms with Crippen LogP contribution in [0.4, 0.5) is 5.82 Å². The molecule has 2 atom stereocenters. The first-order chi connectivity index (χ1) is 21.3. The van der Waals surface area contributed by atoms with Gasteiger partial charge in [0.1, 0.15) is 38.9 Å². The van der Waals surface area contributed by atoms with Gasteiger partial charge < -0.3 is 24.5 Å². The highest BCUT2D eigenvalue weighted by Crippen LogP contribution is 2.40. The monoisotopic (exact) mass is 643 g/mol. The van der Waals surface area contributed by atoms with Crippen LogP contribution in [-0.4, -0.2) is 57.3 Å². The molecule has 0 amide bonds. The summed E-state index contributed by atoms with van der Waals surface area (Å²) in [6.07, 6.45) is 1.34. The largest absolute Gasteiger partial charge is 0.460 e. The van der Waals surface area contributed by atoms with Crippen LogP contribution in [0.3, 0.4) is 0 Å². The molecular formula is C28H31ClN7O7P. The summed E-state index contributed by atoms with van der Waals surface area (Å²) in [5.41, 5.74) is 8.28. The fourth-order valence-electron chi connectivity index (χ4n) is 4.40. The van der Waals surface area contributed by atoms with Gasteiger partial charge >= 0.3 is 19.6 Å². The van der Waals surface area contributed by atoms with Gasteiger partial charge in [0.25, 0.3) is 0 Å². The van der Waals surface area contributed by atoms with Crippen molar-refractivity contribution in [3.63, 3.8) is 0 Å². The van der Waals surface area contributed by atoms with Crippen LogP contribution in [0.1, 0.15) is 30.2 Å². The van der Waals surface area contributed by atoms with Crippen LogP contribution in [0.5, 0.6) is 0 Å². The van der Waals surface area contributed by atoms with Gasteiger partial charge in [-0.2, -0.15) is 0 Å². The van der Waals surface area contributed by atoms with E-state index in [0.29, 0.717) is 24.0 Å². The van der Waals surface area contributed by atoms with Gasteiger partial charge in [0.15, 0.2) is 17.0 Å². The molecule has 14 nitrogen and oxygen atoms in total. The van der Waals surface area contributed by atoms with Gasteiger partial charge in [-0.1, -0.05) is 60.7 Å². The normalized spacial score (nSPS) is 16.7. The lowest BCUT2D eigenvalue weighted by Crippen LogP contribution is -2.34. The number of esters is 2. The fourth-order valence-corrected chi connectivity index (χ4v) is 6.02. The third kappa shape index (κ3) is 8.38. The lowest BCUT2D eigenvalue weighted by Gasteiger charge is -2.22. The average molecular weight is 644 g/mol. The summed E-state index contributed by atoms with van der Waals surface area (Å²) in [5, 5.41) is 5.30. The van der Waals surface area contributed by atoms with Crippen LogP contribution in [0.25, 0.3) is 11.2 Å². The van der Waals surface area contributed by atoms with E-state index in [0.717, 1.165) is 11.1 Å². The molecule has 5 rings (SSSR count). The summed E-state index contributed by atoms with van der Waals surface area (Å²) >= 11 is 6.35. The SMILES string of the molecule is Nc1ncnc2c1nc(Cl)n2[C@H]1CC[C@@H](COP(=O)(NCC(=O)OCc2ccccc2)NCC(=O)OCc2ccccc2)O1. The zero-order valence-corrected chi connectivity index (χ0v) is 25.2. The topological polar surface area (TPSA) is 182 Å². The predicted octanol–water partition coefficient (Wildman–Crippen LogP) is 3.53. The quantitative estimate of drug-likeness (QED) is 0.103. The summed E-state index contributed by atoms with van der Waals surface area (Å²) in [5.74, 6) is -1.13. The minimum atomic E-state index is -3.97. The van der Waals surface area contributed by atoms with Crippen LogP contribution in [-0.2, 0) is 46.1 Å². The number of nitrogen functional groups attached to an aromatic ring is 1. The number of rotatable bonds is 14. The second-order valence-corrected chi connectivity index (χ2v) is 12.1. The van der Waals surface area contributed by atoms with E-state index in [4.69, 9.17) is 36.1 Å². The van der Waals surface area contributed by atoms with Crippen LogP contribution < -0.4 is 15.9 Å². The standard InChI is InChI=1S/C28H31ClN7O7P/c29-28-35-25-26(30)31-18-32-27(25)36(28)22-12-11-21(43-22)17-42-44(39,33-13-23(37)40-15-19-7-3-1-4-8-19)34-14-24(38)41-16-20-9-5-2-6-10-20/h1-10,18,21-22H,11-17H2,(H2,30,31,32)(H2,33,34,39)/t21-,22+/m0/s1. The number of aromatic nitrogens is 4. The lowest BCUT2D eigenvalue weighted by atomic mass is 10.2. The van der Waals surface area contributed by atoms with Crippen molar-refractivity contribution in [3.05, 3.63) is 83.4 Å². The maximum atomic E-state index is 13.7. The maximum Gasteiger partial charge on any atom is 0.341 e. The van der Waals surface area contributed by atoms with Crippen molar-refractivity contribution in [2.24, 2.45) is 0 Å². The molecule has 0 bridgehead atoms. The molecule has 16 heteroatoms. The minimum Gasteiger partial charge on any atom is -0.460 e. The number of hydrogen-bond donors (Lipinski definition) is 3. The molecule has 1 aliphatic heterocycles. The number of nitrogens with two attached hydrogens (primary N) is 1. The predicted molar refractivity (Wildman–Crippen MR) is 160 cm³/mol. The van der Waals surface area contributed by atoms with E-state index in [2.05, 4.69) is 25.1 Å². The van der Waals surface area contributed by atoms with E-state index in [1.165, 1.54) is 6.33 Å². The van der Waals surface area contributed by atoms with Crippen molar-refractivity contribution in [2.75, 3.05) is 25.4 Å². The summed E-state index contributed by atoms with van der Waals surface area (Å²) in [6.45, 7) is -0.923. The molecule has 0 radical (unpaired) electrons. The Morgan fingerprint density at radius 1 is 0.955 bits per heavy atom. The maximum absolute atomic E-state index is 13.7. The molecule has 3 heterocycles. The van der Waals surface area contributed by atoms with Crippen LogP contribution in [0.15, 0.2) is 67.0 Å². The number of fused-ring (bicyclic) bond motifs is 1. The Kier molecular flexibility index (Phi) is 10.5. The molecule has 44 heavy (non-hydrogen) atoms. The summed E-state index contributed by atoms with van der Waals surface area (Å²) < 4.78 is 37.7. The first kappa shape index (κ1) is 31.5. The van der Waals surface area contributed by atoms with E-state index >= 15 is 0 Å². The number of ether oxygens (including phenoxy) is 3. The van der Waals surface area contributed by atoms with E-state index < -0.39 is 45.0 Å². The third-order valence-corrected chi connectivity index (χ3v) is 8.55. The van der Waals surface area contributed by atoms with Crippen molar-refractivity contribution in [2.45, 2.75) is 38.4 Å². The highest BCUT2D eigenvalue weighted by Gasteiger charge is 2.33. The summed E-state index contributed by atoms with van der Waals surface area (Å²) in [6, 6.07) is 18.3. The van der Waals surface area contributed by atoms with E-state index in [1.54, 1.807) is 4.57 Å². The van der Waals surface area contributed by atoms with Gasteiger partial charge in [0.2, 0.25) is 5.28 Å². The molecule has 1 fully saturated rings. The highest BCUT2D eigenvalue weighted by atomic mass is 35.5. The minimum absolute atomic E-state index is 0.0467. The number of carbonyl (C=O) groups excluding carboxylic acids is 2. The zero-order valence-electron chi connectivity index (χ0n) is 23.5. The molecule has 2 aromatic carbocycles. The van der Waals surface area contributed by atoms with Gasteiger partial charge in [-0.15, -0.1) is 0 Å². The Morgan fingerprint density at radius 3 is 2.14 bits per heavy atom. The van der Waals surface area contributed by atoms with Crippen molar-refractivity contribution in [3.8, 4) is 0 Å². The molecule has 2 aromatic heterocycles. The smallest absolute Gasteiger partial charge is 0.341 e. The second-order valence-electron chi connectivity index (χ2n) is 9.78. The van der Waals surface area contributed by atoms with Crippen molar-refractivity contribution >= 4 is 48.2 Å². The highest BCUT2D eigenvalue weighted by molar-refractivity contribution is 7.54. The second kappa shape index (κ2) is 14.7. The molecule has 0 saturated carbocycles. The third-order valence-electron chi connectivity index (χ3n) is 6.63. The first-order valence-corrected chi connectivity index (χ1v) is 15.7. The molecule has 1 saturated heterocycles. The Morgan fingerprint density at radius 2 is 1.55 bits per heavy atom. The van der Waals surface area contributed by atoms with Crippen LogP contribution in [0, 0.1) is 0 Å². The van der Waals surface area contributed by atoms with E-state index in [9.17, 15) is 14.2 Å². The van der Waals surface area contributed by atoms with E-state index in [1.807, 2.05) is 60.7 Å². The number of halogens is 1. The molecule has 1 aliphatic rings. The van der Waals surface area contributed by atoms with Crippen molar-refractivity contribution in [1.82, 2.24) is 29.7 Å². The Balaban J connectivity index is 1.18. The molecule has 232 valence electrons. The first-order valence-electron chi connectivity index (χ1n) is 13.7. The molecule has 0 aliphatic carbocycles. The molecular weight excluding hydrogens is 613 g/mol. The number of benzene rings is 2. The molecule has 0 unspecified atom stereocenters. The van der Waals surface area contributed by atoms with Crippen LogP contribution in [0.2, 0.25) is 5.28 Å². The summed E-state index contributed by atoms with van der Waals surface area (Å²) in [4.78, 5) is 37.2. The molecule has 0 spiro atoms. The Hall–Kier alpha value is -3.91. The Labute approximate surface area is 257 Å². The fraction of sp³-hybridized carbons (Fsp3) is 0.321. The average Bonchev–Trinajstić information content (AvgIpc) is 3.65. The number of hydrogen-bond acceptors (Lipinski definition) is 11. The van der Waals surface area contributed by atoms with Gasteiger partial charge in [-0.25, -0.2) is 25.1 Å². The lowest BCUT2D eigenvalue weighted by molar-refractivity contribution is -0.144. The van der Waals surface area contributed by atoms with Gasteiger partial charge in [0, 0.05) is 0 Å². The molecule has 4 aromatic rings. The van der Waals surface area contributed by atoms with Crippen molar-refractivity contribution in [1.29, 1.82) is 0 Å².